The van der Waals surface area contributed by atoms with Gasteiger partial charge in [0.05, 0.1) is 17.8 Å². The van der Waals surface area contributed by atoms with Gasteiger partial charge in [0, 0.05) is 0 Å². The van der Waals surface area contributed by atoms with Crippen LogP contribution in [-0.4, -0.2) is 18.2 Å². The Morgan fingerprint density at radius 1 is 1.40 bits per heavy atom. The third-order valence-corrected chi connectivity index (χ3v) is 3.51. The maximum atomic E-state index is 11.9. The summed E-state index contributed by atoms with van der Waals surface area (Å²) >= 11 is 0. The molecule has 4 atom stereocenters. The molecule has 0 N–H and O–H groups in total. The number of fused-ring (bicyclic) bond motifs is 1. The molecule has 1 heterocycles. The Kier molecular flexibility index (Phi) is 2.63. The van der Waals surface area contributed by atoms with E-state index in [0.717, 1.165) is 12.8 Å². The summed E-state index contributed by atoms with van der Waals surface area (Å²) in [5, 5.41) is 0. The van der Waals surface area contributed by atoms with Crippen molar-refractivity contribution in [3.8, 4) is 0 Å². The average Bonchev–Trinajstić information content (AvgIpc) is 2.17. The first-order valence-electron chi connectivity index (χ1n) is 5.48. The van der Waals surface area contributed by atoms with Crippen LogP contribution in [0.2, 0.25) is 0 Å². The molecule has 0 amide bonds. The van der Waals surface area contributed by atoms with Crippen molar-refractivity contribution in [3.63, 3.8) is 0 Å². The van der Waals surface area contributed by atoms with Crippen LogP contribution in [-0.2, 0) is 14.3 Å². The van der Waals surface area contributed by atoms with E-state index in [4.69, 9.17) is 4.74 Å². The Hall–Kier alpha value is -1.12. The topological polar surface area (TPSA) is 43.4 Å². The fraction of sp³-hybridized carbons (Fsp3) is 0.667. The Labute approximate surface area is 89.5 Å². The van der Waals surface area contributed by atoms with Crippen LogP contribution in [0.3, 0.4) is 0 Å². The molecular weight excluding hydrogens is 192 g/mol. The van der Waals surface area contributed by atoms with Gasteiger partial charge in [0.1, 0.15) is 6.10 Å². The number of hydrogen-bond acceptors (Lipinski definition) is 3. The minimum Gasteiger partial charge on any atom is -0.496 e. The third-order valence-electron chi connectivity index (χ3n) is 3.51. The van der Waals surface area contributed by atoms with Crippen molar-refractivity contribution in [1.29, 1.82) is 0 Å². The SMILES string of the molecule is CC1CC(C)C2C(=O)C(C=O)=COC2C1. The van der Waals surface area contributed by atoms with Crippen molar-refractivity contribution in [2.45, 2.75) is 32.8 Å². The van der Waals surface area contributed by atoms with Gasteiger partial charge in [-0.1, -0.05) is 13.8 Å². The normalized spacial score (nSPS) is 40.1. The highest BCUT2D eigenvalue weighted by atomic mass is 16.5. The van der Waals surface area contributed by atoms with Crippen molar-refractivity contribution < 1.29 is 14.3 Å². The van der Waals surface area contributed by atoms with Gasteiger partial charge in [-0.05, 0) is 24.7 Å². The maximum absolute atomic E-state index is 11.9. The minimum atomic E-state index is -0.105. The van der Waals surface area contributed by atoms with Crippen LogP contribution in [0.15, 0.2) is 11.8 Å². The van der Waals surface area contributed by atoms with Crippen LogP contribution in [0, 0.1) is 17.8 Å². The van der Waals surface area contributed by atoms with Gasteiger partial charge in [-0.3, -0.25) is 9.59 Å². The lowest BCUT2D eigenvalue weighted by atomic mass is 9.70. The van der Waals surface area contributed by atoms with E-state index >= 15 is 0 Å². The molecule has 0 radical (unpaired) electrons. The molecular formula is C12H16O3. The molecule has 1 fully saturated rings. The second kappa shape index (κ2) is 3.80. The number of carbonyl (C=O) groups is 2. The number of ketones is 1. The number of allylic oxidation sites excluding steroid dienone is 1. The summed E-state index contributed by atoms with van der Waals surface area (Å²) in [6, 6.07) is 0. The van der Waals surface area contributed by atoms with E-state index < -0.39 is 0 Å². The summed E-state index contributed by atoms with van der Waals surface area (Å²) < 4.78 is 5.48. The molecule has 0 spiro atoms. The predicted octanol–water partition coefficient (Wildman–Crippen LogP) is 1.72. The molecule has 2 rings (SSSR count). The molecule has 2 aliphatic rings. The highest BCUT2D eigenvalue weighted by Gasteiger charge is 2.42. The zero-order chi connectivity index (χ0) is 11.0. The summed E-state index contributed by atoms with van der Waals surface area (Å²) in [4.78, 5) is 22.6. The van der Waals surface area contributed by atoms with Gasteiger partial charge in [0.15, 0.2) is 12.1 Å². The second-order valence-electron chi connectivity index (χ2n) is 4.81. The fourth-order valence-electron chi connectivity index (χ4n) is 2.85. The van der Waals surface area contributed by atoms with E-state index in [1.54, 1.807) is 0 Å². The zero-order valence-corrected chi connectivity index (χ0v) is 9.10. The van der Waals surface area contributed by atoms with Gasteiger partial charge >= 0.3 is 0 Å². The highest BCUT2D eigenvalue weighted by Crippen LogP contribution is 2.39. The number of carbonyl (C=O) groups excluding carboxylic acids is 2. The van der Waals surface area contributed by atoms with Gasteiger partial charge < -0.3 is 4.74 Å². The summed E-state index contributed by atoms with van der Waals surface area (Å²) in [5.41, 5.74) is 0.192. The summed E-state index contributed by atoms with van der Waals surface area (Å²) in [7, 11) is 0. The van der Waals surface area contributed by atoms with Crippen molar-refractivity contribution in [2.24, 2.45) is 17.8 Å². The van der Waals surface area contributed by atoms with Gasteiger partial charge in [-0.2, -0.15) is 0 Å². The second-order valence-corrected chi connectivity index (χ2v) is 4.81. The van der Waals surface area contributed by atoms with E-state index in [1.165, 1.54) is 6.26 Å². The van der Waals surface area contributed by atoms with Gasteiger partial charge in [0.2, 0.25) is 0 Å². The molecule has 15 heavy (non-hydrogen) atoms. The predicted molar refractivity (Wildman–Crippen MR) is 55.1 cm³/mol. The maximum Gasteiger partial charge on any atom is 0.176 e. The quantitative estimate of drug-likeness (QED) is 0.487. The summed E-state index contributed by atoms with van der Waals surface area (Å²) in [6.45, 7) is 4.25. The first-order chi connectivity index (χ1) is 7.13. The Morgan fingerprint density at radius 2 is 2.13 bits per heavy atom. The van der Waals surface area contributed by atoms with E-state index in [-0.39, 0.29) is 23.4 Å². The standard InChI is InChI=1S/C12H16O3/c1-7-3-8(2)11-10(4-7)15-6-9(5-13)12(11)14/h5-8,10-11H,3-4H2,1-2H3. The third kappa shape index (κ3) is 1.71. The first kappa shape index (κ1) is 10.4. The lowest BCUT2D eigenvalue weighted by Crippen LogP contribution is -2.43. The van der Waals surface area contributed by atoms with Crippen LogP contribution in [0.4, 0.5) is 0 Å². The van der Waals surface area contributed by atoms with Crippen molar-refractivity contribution in [2.75, 3.05) is 0 Å². The summed E-state index contributed by atoms with van der Waals surface area (Å²) in [6.07, 6.45) is 3.89. The minimum absolute atomic E-state index is 0.0139. The fourth-order valence-corrected chi connectivity index (χ4v) is 2.85. The zero-order valence-electron chi connectivity index (χ0n) is 9.10. The smallest absolute Gasteiger partial charge is 0.176 e. The number of aldehydes is 1. The van der Waals surface area contributed by atoms with Gasteiger partial charge in [-0.15, -0.1) is 0 Å². The number of ether oxygens (including phenoxy) is 1. The lowest BCUT2D eigenvalue weighted by Gasteiger charge is -2.40. The Morgan fingerprint density at radius 3 is 2.80 bits per heavy atom. The molecule has 1 saturated carbocycles. The van der Waals surface area contributed by atoms with Crippen LogP contribution in [0.25, 0.3) is 0 Å². The van der Waals surface area contributed by atoms with E-state index in [2.05, 4.69) is 13.8 Å². The van der Waals surface area contributed by atoms with Crippen LogP contribution >= 0.6 is 0 Å². The molecule has 3 nitrogen and oxygen atoms in total. The molecule has 0 bridgehead atoms. The molecule has 0 saturated heterocycles. The molecule has 0 aromatic heterocycles. The molecule has 3 heteroatoms. The van der Waals surface area contributed by atoms with Crippen LogP contribution in [0.1, 0.15) is 26.7 Å². The number of hydrogen-bond donors (Lipinski definition) is 0. The van der Waals surface area contributed by atoms with Crippen molar-refractivity contribution >= 4 is 12.1 Å². The molecule has 4 unspecified atom stereocenters. The van der Waals surface area contributed by atoms with Crippen LogP contribution in [0.5, 0.6) is 0 Å². The average molecular weight is 208 g/mol. The summed E-state index contributed by atoms with van der Waals surface area (Å²) in [5.74, 6) is 0.780. The van der Waals surface area contributed by atoms with E-state index in [0.29, 0.717) is 18.1 Å². The largest absolute Gasteiger partial charge is 0.496 e. The molecule has 1 aliphatic carbocycles. The molecule has 82 valence electrons. The molecule has 0 aromatic carbocycles. The first-order valence-corrected chi connectivity index (χ1v) is 5.48. The highest BCUT2D eigenvalue weighted by molar-refractivity contribution is 6.13. The van der Waals surface area contributed by atoms with Crippen molar-refractivity contribution in [3.05, 3.63) is 11.8 Å². The van der Waals surface area contributed by atoms with Crippen LogP contribution < -0.4 is 0 Å². The van der Waals surface area contributed by atoms with Crippen molar-refractivity contribution in [1.82, 2.24) is 0 Å². The Bertz CT molecular complexity index is 319. The lowest BCUT2D eigenvalue weighted by molar-refractivity contribution is -0.132. The van der Waals surface area contributed by atoms with E-state index in [9.17, 15) is 9.59 Å². The van der Waals surface area contributed by atoms with E-state index in [1.807, 2.05) is 0 Å². The number of Topliss-reactive ketones (excluding diaryl/α,β-unsaturated/α-hetero) is 1. The number of rotatable bonds is 1. The Balaban J connectivity index is 2.25. The van der Waals surface area contributed by atoms with Gasteiger partial charge in [0.25, 0.3) is 0 Å². The monoisotopic (exact) mass is 208 g/mol. The van der Waals surface area contributed by atoms with Gasteiger partial charge in [-0.25, -0.2) is 0 Å². The molecule has 0 aromatic rings. The molecule has 1 aliphatic heterocycles.